The molecule has 0 radical (unpaired) electrons. The molecule has 0 bridgehead atoms. The predicted octanol–water partition coefficient (Wildman–Crippen LogP) is 5.17. The summed E-state index contributed by atoms with van der Waals surface area (Å²) in [7, 11) is -0.0211. The van der Waals surface area contributed by atoms with Crippen molar-refractivity contribution in [2.45, 2.75) is 13.8 Å². The summed E-state index contributed by atoms with van der Waals surface area (Å²) in [5.74, 6) is 1.29. The standard InChI is InChI=1S/C17H17Cl2O2P/c1-11(2)10-21-12-6-8-13(9-7-12)22-17(20)16-14(18)4-3-5-15(16)19/h3-9,11,22H,10H2,1-2H3. The maximum atomic E-state index is 12.4. The van der Waals surface area contributed by atoms with Gasteiger partial charge in [0, 0.05) is 0 Å². The van der Waals surface area contributed by atoms with E-state index in [0.29, 0.717) is 28.1 Å². The molecule has 2 nitrogen and oxygen atoms in total. The summed E-state index contributed by atoms with van der Waals surface area (Å²) in [6.07, 6.45) is 0. The zero-order chi connectivity index (χ0) is 16.1. The molecule has 0 aromatic heterocycles. The van der Waals surface area contributed by atoms with Gasteiger partial charge in [-0.25, -0.2) is 0 Å². The van der Waals surface area contributed by atoms with Gasteiger partial charge in [0.05, 0.1) is 22.2 Å². The van der Waals surface area contributed by atoms with E-state index in [4.69, 9.17) is 27.9 Å². The van der Waals surface area contributed by atoms with Gasteiger partial charge < -0.3 is 4.74 Å². The van der Waals surface area contributed by atoms with Gasteiger partial charge in [0.15, 0.2) is 5.52 Å². The van der Waals surface area contributed by atoms with Crippen LogP contribution in [-0.2, 0) is 0 Å². The van der Waals surface area contributed by atoms with Crippen molar-refractivity contribution in [1.29, 1.82) is 0 Å². The van der Waals surface area contributed by atoms with Gasteiger partial charge in [0.25, 0.3) is 0 Å². The normalized spacial score (nSPS) is 11.3. The Kier molecular flexibility index (Phi) is 6.26. The lowest BCUT2D eigenvalue weighted by Crippen LogP contribution is -2.06. The molecule has 0 saturated heterocycles. The van der Waals surface area contributed by atoms with Crippen LogP contribution < -0.4 is 10.0 Å². The molecular weight excluding hydrogens is 338 g/mol. The minimum Gasteiger partial charge on any atom is -0.493 e. The van der Waals surface area contributed by atoms with E-state index in [2.05, 4.69) is 13.8 Å². The molecule has 1 unspecified atom stereocenters. The van der Waals surface area contributed by atoms with E-state index in [1.807, 2.05) is 24.3 Å². The average molecular weight is 355 g/mol. The third-order valence-electron chi connectivity index (χ3n) is 2.89. The lowest BCUT2D eigenvalue weighted by Gasteiger charge is -2.09. The summed E-state index contributed by atoms with van der Waals surface area (Å²) in [6, 6.07) is 12.6. The highest BCUT2D eigenvalue weighted by Crippen LogP contribution is 2.30. The number of carbonyl (C=O) groups is 1. The summed E-state index contributed by atoms with van der Waals surface area (Å²) in [6.45, 7) is 4.87. The first-order chi connectivity index (χ1) is 10.5. The van der Waals surface area contributed by atoms with Crippen LogP contribution in [-0.4, -0.2) is 12.1 Å². The first kappa shape index (κ1) is 17.3. The van der Waals surface area contributed by atoms with Crippen LogP contribution in [0.4, 0.5) is 0 Å². The van der Waals surface area contributed by atoms with Crippen molar-refractivity contribution in [1.82, 2.24) is 0 Å². The van der Waals surface area contributed by atoms with E-state index < -0.39 is 0 Å². The van der Waals surface area contributed by atoms with Gasteiger partial charge in [0.2, 0.25) is 0 Å². The fourth-order valence-electron chi connectivity index (χ4n) is 1.81. The minimum absolute atomic E-state index is 0.0211. The van der Waals surface area contributed by atoms with Gasteiger partial charge in [-0.05, 0) is 44.1 Å². The van der Waals surface area contributed by atoms with Crippen LogP contribution in [0.3, 0.4) is 0 Å². The van der Waals surface area contributed by atoms with E-state index >= 15 is 0 Å². The number of carbonyl (C=O) groups excluding carboxylic acids is 1. The molecule has 2 aromatic rings. The quantitative estimate of drug-likeness (QED) is 0.668. The molecule has 0 spiro atoms. The Morgan fingerprint density at radius 2 is 1.68 bits per heavy atom. The molecule has 2 rings (SSSR count). The van der Waals surface area contributed by atoms with E-state index in [0.717, 1.165) is 11.1 Å². The third-order valence-corrected chi connectivity index (χ3v) is 4.61. The monoisotopic (exact) mass is 354 g/mol. The Hall–Kier alpha value is -1.08. The highest BCUT2D eigenvalue weighted by Gasteiger charge is 2.15. The fraction of sp³-hybridized carbons (Fsp3) is 0.235. The molecule has 2 aromatic carbocycles. The van der Waals surface area contributed by atoms with E-state index in [9.17, 15) is 4.79 Å². The summed E-state index contributed by atoms with van der Waals surface area (Å²) in [5, 5.41) is 1.71. The summed E-state index contributed by atoms with van der Waals surface area (Å²) in [5.41, 5.74) is 0.329. The Balaban J connectivity index is 2.06. The van der Waals surface area contributed by atoms with Crippen LogP contribution in [0.5, 0.6) is 5.75 Å². The predicted molar refractivity (Wildman–Crippen MR) is 95.5 cm³/mol. The molecule has 0 fully saturated rings. The molecule has 22 heavy (non-hydrogen) atoms. The maximum Gasteiger partial charge on any atom is 0.188 e. The average Bonchev–Trinajstić information content (AvgIpc) is 2.46. The van der Waals surface area contributed by atoms with Crippen molar-refractivity contribution in [3.05, 3.63) is 58.1 Å². The lowest BCUT2D eigenvalue weighted by atomic mass is 10.2. The van der Waals surface area contributed by atoms with Crippen molar-refractivity contribution < 1.29 is 9.53 Å². The van der Waals surface area contributed by atoms with Gasteiger partial charge in [-0.3, -0.25) is 4.79 Å². The van der Waals surface area contributed by atoms with Gasteiger partial charge in [0.1, 0.15) is 5.75 Å². The molecule has 0 N–H and O–H groups in total. The van der Waals surface area contributed by atoms with Crippen molar-refractivity contribution in [3.63, 3.8) is 0 Å². The van der Waals surface area contributed by atoms with Gasteiger partial charge in [-0.2, -0.15) is 0 Å². The largest absolute Gasteiger partial charge is 0.493 e. The van der Waals surface area contributed by atoms with Gasteiger partial charge in [-0.1, -0.05) is 55.2 Å². The molecule has 5 heteroatoms. The zero-order valence-electron chi connectivity index (χ0n) is 12.4. The Morgan fingerprint density at radius 3 is 2.23 bits per heavy atom. The molecule has 1 atom stereocenters. The third kappa shape index (κ3) is 4.71. The Bertz CT molecular complexity index is 634. The Morgan fingerprint density at radius 1 is 1.09 bits per heavy atom. The second-order valence-electron chi connectivity index (χ2n) is 5.28. The second-order valence-corrected chi connectivity index (χ2v) is 7.38. The molecule has 0 aliphatic carbocycles. The molecule has 0 amide bonds. The number of hydrogen-bond donors (Lipinski definition) is 0. The molecule has 0 aliphatic rings. The van der Waals surface area contributed by atoms with Crippen molar-refractivity contribution in [2.24, 2.45) is 5.92 Å². The van der Waals surface area contributed by atoms with E-state index in [1.54, 1.807) is 18.2 Å². The zero-order valence-corrected chi connectivity index (χ0v) is 14.9. The first-order valence-electron chi connectivity index (χ1n) is 6.95. The molecular formula is C17H17Cl2O2P. The highest BCUT2D eigenvalue weighted by molar-refractivity contribution is 7.66. The number of hydrogen-bond acceptors (Lipinski definition) is 2. The van der Waals surface area contributed by atoms with Crippen molar-refractivity contribution in [3.8, 4) is 5.75 Å². The van der Waals surface area contributed by atoms with Crippen LogP contribution >= 0.6 is 31.8 Å². The van der Waals surface area contributed by atoms with Crippen LogP contribution in [0, 0.1) is 5.92 Å². The van der Waals surface area contributed by atoms with Crippen LogP contribution in [0.25, 0.3) is 0 Å². The lowest BCUT2D eigenvalue weighted by molar-refractivity contribution is 0.108. The van der Waals surface area contributed by atoms with Crippen LogP contribution in [0.2, 0.25) is 10.0 Å². The topological polar surface area (TPSA) is 26.3 Å². The van der Waals surface area contributed by atoms with Crippen molar-refractivity contribution >= 4 is 42.6 Å². The minimum atomic E-state index is -0.0635. The van der Waals surface area contributed by atoms with E-state index in [1.165, 1.54) is 0 Å². The number of benzene rings is 2. The number of rotatable bonds is 6. The van der Waals surface area contributed by atoms with Gasteiger partial charge >= 0.3 is 0 Å². The number of halogens is 2. The molecule has 0 heterocycles. The summed E-state index contributed by atoms with van der Waals surface area (Å²) >= 11 is 12.1. The molecule has 0 saturated carbocycles. The summed E-state index contributed by atoms with van der Waals surface area (Å²) in [4.78, 5) is 12.4. The number of ether oxygens (including phenoxy) is 1. The smallest absolute Gasteiger partial charge is 0.188 e. The molecule has 0 aliphatic heterocycles. The van der Waals surface area contributed by atoms with Crippen LogP contribution in [0.1, 0.15) is 24.2 Å². The SMILES string of the molecule is CC(C)COc1ccc(PC(=O)c2c(Cl)cccc2Cl)cc1. The second kappa shape index (κ2) is 7.97. The van der Waals surface area contributed by atoms with E-state index in [-0.39, 0.29) is 14.1 Å². The highest BCUT2D eigenvalue weighted by atomic mass is 35.5. The Labute approximate surface area is 142 Å². The maximum absolute atomic E-state index is 12.4. The van der Waals surface area contributed by atoms with Gasteiger partial charge in [-0.15, -0.1) is 0 Å². The summed E-state index contributed by atoms with van der Waals surface area (Å²) < 4.78 is 5.63. The fourth-order valence-corrected chi connectivity index (χ4v) is 3.52. The first-order valence-corrected chi connectivity index (χ1v) is 8.71. The van der Waals surface area contributed by atoms with Crippen molar-refractivity contribution in [2.75, 3.05) is 6.61 Å². The molecule has 116 valence electrons. The van der Waals surface area contributed by atoms with Crippen LogP contribution in [0.15, 0.2) is 42.5 Å².